The van der Waals surface area contributed by atoms with Crippen LogP contribution >= 0.6 is 0 Å². The summed E-state index contributed by atoms with van der Waals surface area (Å²) >= 11 is 0. The number of hydrogen-bond donors (Lipinski definition) is 2. The molecule has 1 atom stereocenters. The molecule has 1 rings (SSSR count). The first kappa shape index (κ1) is 17.9. The molecule has 0 fully saturated rings. The molecule has 7 heteroatoms. The van der Waals surface area contributed by atoms with E-state index in [1.165, 1.54) is 6.07 Å². The Hall–Kier alpha value is -1.15. The minimum absolute atomic E-state index is 0.181. The number of hydrogen-bond acceptors (Lipinski definition) is 5. The maximum Gasteiger partial charge on any atom is 0.240 e. The van der Waals surface area contributed by atoms with Crippen LogP contribution in [-0.2, 0) is 21.3 Å². The van der Waals surface area contributed by atoms with Crippen molar-refractivity contribution in [2.75, 3.05) is 27.3 Å². The van der Waals surface area contributed by atoms with Crippen molar-refractivity contribution in [1.82, 2.24) is 10.0 Å². The van der Waals surface area contributed by atoms with Gasteiger partial charge in [-0.25, -0.2) is 13.1 Å². The molecule has 0 aliphatic heterocycles. The standard InChI is InChI=1S/C14H24N2O4S/c1-5-15-10-12-8-13(6-7-14(12)20-4)21(17,18)16-9-11(2)19-3/h6-8,11,15-16H,5,9-10H2,1-4H3. The number of methoxy groups -OCH3 is 2. The molecule has 120 valence electrons. The van der Waals surface area contributed by atoms with Crippen LogP contribution in [0.2, 0.25) is 0 Å². The molecule has 0 radical (unpaired) electrons. The number of rotatable bonds is 9. The highest BCUT2D eigenvalue weighted by molar-refractivity contribution is 7.89. The fourth-order valence-electron chi connectivity index (χ4n) is 1.71. The zero-order chi connectivity index (χ0) is 15.9. The number of sulfonamides is 1. The molecule has 0 saturated heterocycles. The van der Waals surface area contributed by atoms with Gasteiger partial charge in [-0.05, 0) is 31.7 Å². The van der Waals surface area contributed by atoms with E-state index in [9.17, 15) is 8.42 Å². The summed E-state index contributed by atoms with van der Waals surface area (Å²) in [5, 5.41) is 3.16. The van der Waals surface area contributed by atoms with Crippen molar-refractivity contribution in [3.05, 3.63) is 23.8 Å². The maximum atomic E-state index is 12.3. The molecule has 2 N–H and O–H groups in total. The van der Waals surface area contributed by atoms with Crippen molar-refractivity contribution in [2.45, 2.75) is 31.4 Å². The van der Waals surface area contributed by atoms with E-state index in [2.05, 4.69) is 10.0 Å². The first-order chi connectivity index (χ1) is 9.94. The molecular formula is C14H24N2O4S. The topological polar surface area (TPSA) is 76.7 Å². The molecule has 1 aromatic carbocycles. The maximum absolute atomic E-state index is 12.3. The van der Waals surface area contributed by atoms with E-state index in [4.69, 9.17) is 9.47 Å². The van der Waals surface area contributed by atoms with Gasteiger partial charge in [0, 0.05) is 25.8 Å². The summed E-state index contributed by atoms with van der Waals surface area (Å²) in [5.41, 5.74) is 0.807. The predicted octanol–water partition coefficient (Wildman–Crippen LogP) is 1.12. The first-order valence-electron chi connectivity index (χ1n) is 6.84. The summed E-state index contributed by atoms with van der Waals surface area (Å²) in [6, 6.07) is 4.83. The molecule has 0 aliphatic carbocycles. The van der Waals surface area contributed by atoms with Crippen LogP contribution in [0.4, 0.5) is 0 Å². The van der Waals surface area contributed by atoms with Crippen molar-refractivity contribution in [3.63, 3.8) is 0 Å². The van der Waals surface area contributed by atoms with Crippen molar-refractivity contribution in [2.24, 2.45) is 0 Å². The van der Waals surface area contributed by atoms with E-state index in [-0.39, 0.29) is 17.5 Å². The van der Waals surface area contributed by atoms with Gasteiger partial charge in [-0.15, -0.1) is 0 Å². The second-order valence-electron chi connectivity index (χ2n) is 4.65. The summed E-state index contributed by atoms with van der Waals surface area (Å²) in [5.74, 6) is 0.667. The molecule has 21 heavy (non-hydrogen) atoms. The Morgan fingerprint density at radius 1 is 1.29 bits per heavy atom. The van der Waals surface area contributed by atoms with Crippen LogP contribution in [0.15, 0.2) is 23.1 Å². The lowest BCUT2D eigenvalue weighted by molar-refractivity contribution is 0.122. The number of benzene rings is 1. The highest BCUT2D eigenvalue weighted by atomic mass is 32.2. The summed E-state index contributed by atoms with van der Waals surface area (Å²) in [4.78, 5) is 0.222. The smallest absolute Gasteiger partial charge is 0.240 e. The Labute approximate surface area is 126 Å². The summed E-state index contributed by atoms with van der Waals surface area (Å²) in [6.45, 7) is 5.36. The quantitative estimate of drug-likeness (QED) is 0.714. The van der Waals surface area contributed by atoms with Gasteiger partial charge in [0.15, 0.2) is 0 Å². The normalized spacial score (nSPS) is 13.1. The molecule has 6 nitrogen and oxygen atoms in total. The Kier molecular flexibility index (Phi) is 7.10. The highest BCUT2D eigenvalue weighted by Gasteiger charge is 2.17. The van der Waals surface area contributed by atoms with Gasteiger partial charge in [-0.2, -0.15) is 0 Å². The van der Waals surface area contributed by atoms with Crippen molar-refractivity contribution < 1.29 is 17.9 Å². The fraction of sp³-hybridized carbons (Fsp3) is 0.571. The van der Waals surface area contributed by atoms with Crippen LogP contribution in [0, 0.1) is 0 Å². The van der Waals surface area contributed by atoms with Gasteiger partial charge in [0.2, 0.25) is 10.0 Å². The third-order valence-electron chi connectivity index (χ3n) is 3.09. The molecule has 0 bridgehead atoms. The van der Waals surface area contributed by atoms with Gasteiger partial charge in [-0.1, -0.05) is 6.92 Å². The second-order valence-corrected chi connectivity index (χ2v) is 6.42. The fourth-order valence-corrected chi connectivity index (χ4v) is 2.88. The lowest BCUT2D eigenvalue weighted by Gasteiger charge is -2.14. The Balaban J connectivity index is 2.95. The number of nitrogens with one attached hydrogen (secondary N) is 2. The molecule has 0 aromatic heterocycles. The highest BCUT2D eigenvalue weighted by Crippen LogP contribution is 2.22. The van der Waals surface area contributed by atoms with Gasteiger partial charge in [0.05, 0.1) is 18.1 Å². The van der Waals surface area contributed by atoms with Gasteiger partial charge in [0.1, 0.15) is 5.75 Å². The molecular weight excluding hydrogens is 292 g/mol. The lowest BCUT2D eigenvalue weighted by Crippen LogP contribution is -2.31. The van der Waals surface area contributed by atoms with E-state index in [1.807, 2.05) is 6.92 Å². The molecule has 0 spiro atoms. The average molecular weight is 316 g/mol. The summed E-state index contributed by atoms with van der Waals surface area (Å²) < 4.78 is 37.3. The summed E-state index contributed by atoms with van der Waals surface area (Å²) in [7, 11) is -0.442. The molecule has 0 amide bonds. The second kappa shape index (κ2) is 8.33. The zero-order valence-corrected chi connectivity index (χ0v) is 13.8. The molecule has 0 heterocycles. The lowest BCUT2D eigenvalue weighted by atomic mass is 10.2. The average Bonchev–Trinajstić information content (AvgIpc) is 2.50. The van der Waals surface area contributed by atoms with E-state index < -0.39 is 10.0 Å². The van der Waals surface area contributed by atoms with Crippen LogP contribution in [0.25, 0.3) is 0 Å². The van der Waals surface area contributed by atoms with Crippen molar-refractivity contribution in [1.29, 1.82) is 0 Å². The zero-order valence-electron chi connectivity index (χ0n) is 13.0. The van der Waals surface area contributed by atoms with E-state index in [1.54, 1.807) is 33.3 Å². The molecule has 0 saturated carbocycles. The first-order valence-corrected chi connectivity index (χ1v) is 8.33. The molecule has 1 unspecified atom stereocenters. The van der Waals surface area contributed by atoms with Crippen LogP contribution in [0.3, 0.4) is 0 Å². The third-order valence-corrected chi connectivity index (χ3v) is 4.51. The van der Waals surface area contributed by atoms with Crippen molar-refractivity contribution >= 4 is 10.0 Å². The minimum Gasteiger partial charge on any atom is -0.496 e. The van der Waals surface area contributed by atoms with Gasteiger partial charge in [-0.3, -0.25) is 0 Å². The van der Waals surface area contributed by atoms with Crippen LogP contribution < -0.4 is 14.8 Å². The van der Waals surface area contributed by atoms with Gasteiger partial charge >= 0.3 is 0 Å². The predicted molar refractivity (Wildman–Crippen MR) is 82.0 cm³/mol. The Morgan fingerprint density at radius 3 is 2.57 bits per heavy atom. The summed E-state index contributed by atoms with van der Waals surface area (Å²) in [6.07, 6.45) is -0.181. The van der Waals surface area contributed by atoms with Gasteiger partial charge in [0.25, 0.3) is 0 Å². The number of ether oxygens (including phenoxy) is 2. The third kappa shape index (κ3) is 5.28. The van der Waals surface area contributed by atoms with E-state index in [0.717, 1.165) is 12.1 Å². The van der Waals surface area contributed by atoms with Gasteiger partial charge < -0.3 is 14.8 Å². The minimum atomic E-state index is -3.55. The largest absolute Gasteiger partial charge is 0.496 e. The van der Waals surface area contributed by atoms with Crippen LogP contribution in [0.5, 0.6) is 5.75 Å². The monoisotopic (exact) mass is 316 g/mol. The van der Waals surface area contributed by atoms with Crippen molar-refractivity contribution in [3.8, 4) is 5.75 Å². The SMILES string of the molecule is CCNCc1cc(S(=O)(=O)NCC(C)OC)ccc1OC. The van der Waals surface area contributed by atoms with Crippen LogP contribution in [0.1, 0.15) is 19.4 Å². The van der Waals surface area contributed by atoms with E-state index >= 15 is 0 Å². The van der Waals surface area contributed by atoms with E-state index in [0.29, 0.717) is 12.3 Å². The molecule has 1 aromatic rings. The Bertz CT molecular complexity index is 546. The molecule has 0 aliphatic rings. The van der Waals surface area contributed by atoms with Crippen LogP contribution in [-0.4, -0.2) is 41.8 Å². The Morgan fingerprint density at radius 2 is 2.00 bits per heavy atom.